The van der Waals surface area contributed by atoms with Gasteiger partial charge < -0.3 is 24.3 Å². The number of piperidine rings is 1. The van der Waals surface area contributed by atoms with Crippen LogP contribution in [0.3, 0.4) is 0 Å². The summed E-state index contributed by atoms with van der Waals surface area (Å²) >= 11 is 0. The third-order valence-electron chi connectivity index (χ3n) is 5.78. The summed E-state index contributed by atoms with van der Waals surface area (Å²) in [6.45, 7) is 2.65. The highest BCUT2D eigenvalue weighted by atomic mass is 19.1. The SMILES string of the molecule is O=C1NC(c2ccc(F)cc2)Cn2cc(C(=O)N3CCC4(CC3)OCCO4)nc21. The summed E-state index contributed by atoms with van der Waals surface area (Å²) in [4.78, 5) is 31.4. The Morgan fingerprint density at radius 2 is 1.86 bits per heavy atom. The van der Waals surface area contributed by atoms with E-state index in [0.29, 0.717) is 45.7 Å². The molecule has 0 aliphatic carbocycles. The maximum absolute atomic E-state index is 13.2. The fraction of sp³-hybridized carbons (Fsp3) is 0.450. The number of nitrogens with zero attached hydrogens (tertiary/aromatic N) is 3. The number of hydrogen-bond acceptors (Lipinski definition) is 5. The molecule has 4 heterocycles. The predicted molar refractivity (Wildman–Crippen MR) is 98.6 cm³/mol. The fourth-order valence-electron chi connectivity index (χ4n) is 4.19. The molecule has 0 saturated carbocycles. The minimum atomic E-state index is -0.549. The number of rotatable bonds is 2. The van der Waals surface area contributed by atoms with E-state index < -0.39 is 5.79 Å². The summed E-state index contributed by atoms with van der Waals surface area (Å²) < 4.78 is 26.3. The van der Waals surface area contributed by atoms with Gasteiger partial charge in [0.2, 0.25) is 0 Å². The summed E-state index contributed by atoms with van der Waals surface area (Å²) in [5, 5.41) is 2.87. The van der Waals surface area contributed by atoms with Crippen LogP contribution in [0.25, 0.3) is 0 Å². The molecule has 2 aromatic rings. The average Bonchev–Trinajstić information content (AvgIpc) is 3.36. The molecule has 0 radical (unpaired) electrons. The largest absolute Gasteiger partial charge is 0.347 e. The minimum Gasteiger partial charge on any atom is -0.347 e. The van der Waals surface area contributed by atoms with Gasteiger partial charge in [0.15, 0.2) is 11.6 Å². The van der Waals surface area contributed by atoms with Gasteiger partial charge in [-0.2, -0.15) is 0 Å². The van der Waals surface area contributed by atoms with Crippen molar-refractivity contribution in [3.05, 3.63) is 53.4 Å². The van der Waals surface area contributed by atoms with Gasteiger partial charge in [0.1, 0.15) is 11.5 Å². The number of fused-ring (bicyclic) bond motifs is 1. The quantitative estimate of drug-likeness (QED) is 0.826. The standard InChI is InChI=1S/C20H21FN4O4/c21-14-3-1-13(2-4-14)15-11-25-12-16(22-17(25)18(26)23-15)19(27)24-7-5-20(6-8-24)28-9-10-29-20/h1-4,12,15H,5-11H2,(H,23,26). The molecule has 3 aliphatic heterocycles. The van der Waals surface area contributed by atoms with Crippen LogP contribution in [0.1, 0.15) is 45.6 Å². The number of carbonyl (C=O) groups is 2. The first-order valence-electron chi connectivity index (χ1n) is 9.74. The van der Waals surface area contributed by atoms with Crippen LogP contribution in [-0.2, 0) is 16.0 Å². The molecular weight excluding hydrogens is 379 g/mol. The van der Waals surface area contributed by atoms with Crippen molar-refractivity contribution >= 4 is 11.8 Å². The number of carbonyl (C=O) groups excluding carboxylic acids is 2. The molecule has 1 atom stereocenters. The van der Waals surface area contributed by atoms with Crippen LogP contribution in [-0.4, -0.2) is 58.4 Å². The van der Waals surface area contributed by atoms with Crippen LogP contribution in [0, 0.1) is 5.82 Å². The van der Waals surface area contributed by atoms with E-state index in [9.17, 15) is 14.0 Å². The minimum absolute atomic E-state index is 0.203. The summed E-state index contributed by atoms with van der Waals surface area (Å²) in [6, 6.07) is 5.71. The van der Waals surface area contributed by atoms with Gasteiger partial charge in [-0.25, -0.2) is 9.37 Å². The van der Waals surface area contributed by atoms with Crippen LogP contribution in [0.4, 0.5) is 4.39 Å². The Morgan fingerprint density at radius 3 is 2.55 bits per heavy atom. The van der Waals surface area contributed by atoms with Crippen molar-refractivity contribution in [2.45, 2.75) is 31.2 Å². The molecule has 2 amide bonds. The zero-order valence-corrected chi connectivity index (χ0v) is 15.8. The molecule has 1 N–H and O–H groups in total. The fourth-order valence-corrected chi connectivity index (χ4v) is 4.19. The Bertz CT molecular complexity index is 942. The molecule has 0 bridgehead atoms. The number of halogens is 1. The number of ether oxygens (including phenoxy) is 2. The van der Waals surface area contributed by atoms with E-state index in [2.05, 4.69) is 10.3 Å². The first kappa shape index (κ1) is 18.3. The molecule has 1 spiro atoms. The molecule has 1 aromatic heterocycles. The van der Waals surface area contributed by atoms with E-state index in [4.69, 9.17) is 9.47 Å². The second-order valence-corrected chi connectivity index (χ2v) is 7.58. The van der Waals surface area contributed by atoms with E-state index in [0.717, 1.165) is 5.56 Å². The van der Waals surface area contributed by atoms with E-state index in [-0.39, 0.29) is 35.2 Å². The molecule has 2 saturated heterocycles. The molecule has 3 aliphatic rings. The van der Waals surface area contributed by atoms with E-state index >= 15 is 0 Å². The van der Waals surface area contributed by atoms with Crippen LogP contribution >= 0.6 is 0 Å². The normalized spacial score (nSPS) is 23.1. The average molecular weight is 400 g/mol. The summed E-state index contributed by atoms with van der Waals surface area (Å²) in [5.41, 5.74) is 1.05. The van der Waals surface area contributed by atoms with Crippen LogP contribution < -0.4 is 5.32 Å². The van der Waals surface area contributed by atoms with Crippen molar-refractivity contribution in [3.63, 3.8) is 0 Å². The highest BCUT2D eigenvalue weighted by molar-refractivity contribution is 5.96. The lowest BCUT2D eigenvalue weighted by Crippen LogP contribution is -2.47. The maximum Gasteiger partial charge on any atom is 0.287 e. The lowest BCUT2D eigenvalue weighted by molar-refractivity contribution is -0.181. The Hall–Kier alpha value is -2.78. The molecular formula is C20H21FN4O4. The zero-order chi connectivity index (χ0) is 20.0. The predicted octanol–water partition coefficient (Wildman–Crippen LogP) is 1.49. The number of likely N-dealkylation sites (tertiary alicyclic amines) is 1. The second-order valence-electron chi connectivity index (χ2n) is 7.58. The Balaban J connectivity index is 1.31. The summed E-state index contributed by atoms with van der Waals surface area (Å²) in [7, 11) is 0. The zero-order valence-electron chi connectivity index (χ0n) is 15.8. The topological polar surface area (TPSA) is 85.7 Å². The van der Waals surface area contributed by atoms with Gasteiger partial charge in [0.25, 0.3) is 11.8 Å². The van der Waals surface area contributed by atoms with Gasteiger partial charge in [-0.05, 0) is 17.7 Å². The van der Waals surface area contributed by atoms with Crippen molar-refractivity contribution in [1.29, 1.82) is 0 Å². The smallest absolute Gasteiger partial charge is 0.287 e. The number of hydrogen-bond donors (Lipinski definition) is 1. The highest BCUT2D eigenvalue weighted by Gasteiger charge is 2.41. The molecule has 1 unspecified atom stereocenters. The van der Waals surface area contributed by atoms with Gasteiger partial charge >= 0.3 is 0 Å². The van der Waals surface area contributed by atoms with Crippen molar-refractivity contribution in [3.8, 4) is 0 Å². The molecule has 8 nitrogen and oxygen atoms in total. The molecule has 5 rings (SSSR count). The van der Waals surface area contributed by atoms with Crippen LogP contribution in [0.2, 0.25) is 0 Å². The lowest BCUT2D eigenvalue weighted by atomic mass is 10.0. The van der Waals surface area contributed by atoms with Gasteiger partial charge in [-0.15, -0.1) is 0 Å². The summed E-state index contributed by atoms with van der Waals surface area (Å²) in [5.74, 6) is -1.22. The van der Waals surface area contributed by atoms with Crippen molar-refractivity contribution in [2.24, 2.45) is 0 Å². The van der Waals surface area contributed by atoms with Crippen LogP contribution in [0.15, 0.2) is 30.5 Å². The van der Waals surface area contributed by atoms with Gasteiger partial charge in [0, 0.05) is 38.7 Å². The number of amides is 2. The molecule has 9 heteroatoms. The van der Waals surface area contributed by atoms with E-state index in [1.54, 1.807) is 27.8 Å². The molecule has 2 fully saturated rings. The molecule has 1 aromatic carbocycles. The first-order chi connectivity index (χ1) is 14.0. The van der Waals surface area contributed by atoms with Crippen molar-refractivity contribution < 1.29 is 23.5 Å². The number of nitrogens with one attached hydrogen (secondary N) is 1. The second kappa shape index (κ2) is 6.93. The Morgan fingerprint density at radius 1 is 1.17 bits per heavy atom. The Kier molecular flexibility index (Phi) is 4.36. The van der Waals surface area contributed by atoms with Crippen molar-refractivity contribution in [1.82, 2.24) is 19.8 Å². The van der Waals surface area contributed by atoms with Gasteiger partial charge in [0.05, 0.1) is 19.3 Å². The molecule has 29 heavy (non-hydrogen) atoms. The number of aromatic nitrogens is 2. The number of benzene rings is 1. The third kappa shape index (κ3) is 3.30. The third-order valence-corrected chi connectivity index (χ3v) is 5.78. The van der Waals surface area contributed by atoms with Gasteiger partial charge in [-0.1, -0.05) is 12.1 Å². The summed E-state index contributed by atoms with van der Waals surface area (Å²) in [6.07, 6.45) is 2.87. The number of imidazole rings is 1. The molecule has 152 valence electrons. The highest BCUT2D eigenvalue weighted by Crippen LogP contribution is 2.32. The first-order valence-corrected chi connectivity index (χ1v) is 9.74. The monoisotopic (exact) mass is 400 g/mol. The van der Waals surface area contributed by atoms with E-state index in [1.807, 2.05) is 0 Å². The van der Waals surface area contributed by atoms with Crippen molar-refractivity contribution in [2.75, 3.05) is 26.3 Å². The lowest BCUT2D eigenvalue weighted by Gasteiger charge is -2.37. The van der Waals surface area contributed by atoms with E-state index in [1.165, 1.54) is 12.1 Å². The van der Waals surface area contributed by atoms with Crippen LogP contribution in [0.5, 0.6) is 0 Å². The maximum atomic E-state index is 13.2. The van der Waals surface area contributed by atoms with Gasteiger partial charge in [-0.3, -0.25) is 9.59 Å². The Labute approximate surface area is 166 Å².